The zero-order chi connectivity index (χ0) is 13.0. The molecule has 0 bridgehead atoms. The molecule has 100 valence electrons. The highest BCUT2D eigenvalue weighted by atomic mass is 16.4. The second-order valence-corrected chi connectivity index (χ2v) is 4.74. The lowest BCUT2D eigenvalue weighted by molar-refractivity contribution is 0.169. The summed E-state index contributed by atoms with van der Waals surface area (Å²) in [6.45, 7) is 1.98. The Bertz CT molecular complexity index is 415. The van der Waals surface area contributed by atoms with E-state index in [1.165, 1.54) is 25.8 Å². The quantitative estimate of drug-likeness (QED) is 0.347. The van der Waals surface area contributed by atoms with Gasteiger partial charge >= 0.3 is 0 Å². The number of aromatic nitrogens is 3. The Balaban J connectivity index is 1.88. The predicted octanol–water partition coefficient (Wildman–Crippen LogP) is 0.247. The summed E-state index contributed by atoms with van der Waals surface area (Å²) in [5.41, 5.74) is 5.42. The molecule has 0 amide bonds. The van der Waals surface area contributed by atoms with Gasteiger partial charge in [0.15, 0.2) is 0 Å². The fourth-order valence-electron chi connectivity index (χ4n) is 2.35. The van der Waals surface area contributed by atoms with Crippen molar-refractivity contribution in [2.45, 2.75) is 38.3 Å². The number of likely N-dealkylation sites (tertiary alicyclic amines) is 1. The van der Waals surface area contributed by atoms with Crippen LogP contribution in [0.1, 0.15) is 31.5 Å². The molecule has 1 aromatic heterocycles. The Morgan fingerprint density at radius 2 is 2.44 bits per heavy atom. The average molecular weight is 252 g/mol. The van der Waals surface area contributed by atoms with Crippen LogP contribution < -0.4 is 5.73 Å². The number of amidine groups is 1. The topological polar surface area (TPSA) is 92.6 Å². The zero-order valence-corrected chi connectivity index (χ0v) is 10.7. The maximum atomic E-state index is 8.53. The van der Waals surface area contributed by atoms with Crippen molar-refractivity contribution >= 4 is 5.84 Å². The van der Waals surface area contributed by atoms with Crippen molar-refractivity contribution in [3.05, 3.63) is 12.2 Å². The van der Waals surface area contributed by atoms with Gasteiger partial charge in [-0.15, -0.1) is 5.10 Å². The van der Waals surface area contributed by atoms with Crippen LogP contribution in [0.15, 0.2) is 11.5 Å². The van der Waals surface area contributed by atoms with E-state index >= 15 is 0 Å². The van der Waals surface area contributed by atoms with Crippen LogP contribution in [0, 0.1) is 0 Å². The molecular weight excluding hydrogens is 232 g/mol. The van der Waals surface area contributed by atoms with Crippen LogP contribution in [0.2, 0.25) is 0 Å². The lowest BCUT2D eigenvalue weighted by Crippen LogP contribution is -2.36. The molecule has 1 aromatic rings. The monoisotopic (exact) mass is 252 g/mol. The number of nitrogens with zero attached hydrogens (tertiary/aromatic N) is 5. The van der Waals surface area contributed by atoms with Gasteiger partial charge in [0.25, 0.3) is 0 Å². The highest BCUT2D eigenvalue weighted by Gasteiger charge is 2.18. The third kappa shape index (κ3) is 2.98. The SMILES string of the molecule is CN1CCCCC1CCn1cnc(C(N)=NO)n1. The third-order valence-corrected chi connectivity index (χ3v) is 3.49. The molecule has 7 heteroatoms. The molecule has 0 aromatic carbocycles. The Labute approximate surface area is 106 Å². The minimum atomic E-state index is -0.0523. The normalized spacial score (nSPS) is 22.3. The van der Waals surface area contributed by atoms with Crippen molar-refractivity contribution in [2.75, 3.05) is 13.6 Å². The van der Waals surface area contributed by atoms with Crippen LogP contribution in [0.25, 0.3) is 0 Å². The molecule has 0 radical (unpaired) electrons. The van der Waals surface area contributed by atoms with Gasteiger partial charge in [0, 0.05) is 12.6 Å². The molecule has 0 aliphatic carbocycles. The summed E-state index contributed by atoms with van der Waals surface area (Å²) in [4.78, 5) is 6.40. The van der Waals surface area contributed by atoms with Gasteiger partial charge in [0.1, 0.15) is 6.33 Å². The molecule has 0 spiro atoms. The summed E-state index contributed by atoms with van der Waals surface area (Å²) in [6.07, 6.45) is 6.52. The zero-order valence-electron chi connectivity index (χ0n) is 10.7. The van der Waals surface area contributed by atoms with Crippen molar-refractivity contribution in [1.82, 2.24) is 19.7 Å². The van der Waals surface area contributed by atoms with Crippen molar-refractivity contribution in [3.63, 3.8) is 0 Å². The van der Waals surface area contributed by atoms with Crippen LogP contribution in [0.5, 0.6) is 0 Å². The van der Waals surface area contributed by atoms with E-state index in [1.54, 1.807) is 11.0 Å². The van der Waals surface area contributed by atoms with Gasteiger partial charge in [-0.1, -0.05) is 11.6 Å². The fraction of sp³-hybridized carbons (Fsp3) is 0.727. The van der Waals surface area contributed by atoms with Crippen LogP contribution in [-0.4, -0.2) is 50.3 Å². The van der Waals surface area contributed by atoms with Crippen LogP contribution in [-0.2, 0) is 6.54 Å². The molecule has 1 unspecified atom stereocenters. The lowest BCUT2D eigenvalue weighted by atomic mass is 10.0. The van der Waals surface area contributed by atoms with E-state index < -0.39 is 0 Å². The fourth-order valence-corrected chi connectivity index (χ4v) is 2.35. The van der Waals surface area contributed by atoms with Gasteiger partial charge in [-0.2, -0.15) is 0 Å². The standard InChI is InChI=1S/C11H20N6O/c1-16-6-3-2-4-9(16)5-7-17-8-13-11(14-17)10(12)15-18/h8-9,18H,2-7H2,1H3,(H2,12,15). The molecule has 1 atom stereocenters. The van der Waals surface area contributed by atoms with E-state index in [4.69, 9.17) is 10.9 Å². The number of hydrogen-bond acceptors (Lipinski definition) is 5. The first-order valence-electron chi connectivity index (χ1n) is 6.28. The van der Waals surface area contributed by atoms with Crippen molar-refractivity contribution in [1.29, 1.82) is 0 Å². The first-order chi connectivity index (χ1) is 8.70. The Kier molecular flexibility index (Phi) is 4.14. The third-order valence-electron chi connectivity index (χ3n) is 3.49. The van der Waals surface area contributed by atoms with Crippen LogP contribution in [0.3, 0.4) is 0 Å². The number of oxime groups is 1. The Morgan fingerprint density at radius 1 is 1.61 bits per heavy atom. The summed E-state index contributed by atoms with van der Waals surface area (Å²) in [7, 11) is 2.17. The van der Waals surface area contributed by atoms with Crippen LogP contribution >= 0.6 is 0 Å². The van der Waals surface area contributed by atoms with Gasteiger partial charge in [0.05, 0.1) is 0 Å². The number of rotatable bonds is 4. The predicted molar refractivity (Wildman–Crippen MR) is 67.4 cm³/mol. The van der Waals surface area contributed by atoms with E-state index in [0.29, 0.717) is 6.04 Å². The summed E-state index contributed by atoms with van der Waals surface area (Å²) in [5, 5.41) is 15.6. The molecule has 2 heterocycles. The van der Waals surface area contributed by atoms with Gasteiger partial charge in [-0.25, -0.2) is 4.98 Å². The smallest absolute Gasteiger partial charge is 0.219 e. The van der Waals surface area contributed by atoms with E-state index in [0.717, 1.165) is 13.0 Å². The Morgan fingerprint density at radius 3 is 3.17 bits per heavy atom. The number of hydrogen-bond donors (Lipinski definition) is 2. The van der Waals surface area contributed by atoms with Crippen LogP contribution in [0.4, 0.5) is 0 Å². The number of aryl methyl sites for hydroxylation is 1. The Hall–Kier alpha value is -1.63. The molecule has 3 N–H and O–H groups in total. The van der Waals surface area contributed by atoms with Gasteiger partial charge in [-0.05, 0) is 32.9 Å². The van der Waals surface area contributed by atoms with E-state index in [2.05, 4.69) is 27.2 Å². The largest absolute Gasteiger partial charge is 0.409 e. The highest BCUT2D eigenvalue weighted by molar-refractivity contribution is 5.93. The van der Waals surface area contributed by atoms with Crippen molar-refractivity contribution in [3.8, 4) is 0 Å². The highest BCUT2D eigenvalue weighted by Crippen LogP contribution is 2.18. The summed E-state index contributed by atoms with van der Waals surface area (Å²) in [6, 6.07) is 0.621. The average Bonchev–Trinajstić information content (AvgIpc) is 2.86. The maximum Gasteiger partial charge on any atom is 0.219 e. The minimum absolute atomic E-state index is 0.0523. The van der Waals surface area contributed by atoms with Crippen molar-refractivity contribution < 1.29 is 5.21 Å². The van der Waals surface area contributed by atoms with Gasteiger partial charge in [-0.3, -0.25) is 4.68 Å². The molecule has 7 nitrogen and oxygen atoms in total. The van der Waals surface area contributed by atoms with E-state index in [9.17, 15) is 0 Å². The van der Waals surface area contributed by atoms with E-state index in [1.807, 2.05) is 0 Å². The molecule has 0 saturated carbocycles. The number of piperidine rings is 1. The van der Waals surface area contributed by atoms with Crippen molar-refractivity contribution in [2.24, 2.45) is 10.9 Å². The molecule has 1 fully saturated rings. The maximum absolute atomic E-state index is 8.53. The number of nitrogens with two attached hydrogens (primary N) is 1. The first-order valence-corrected chi connectivity index (χ1v) is 6.28. The summed E-state index contributed by atoms with van der Waals surface area (Å²) in [5.74, 6) is 0.220. The van der Waals surface area contributed by atoms with E-state index in [-0.39, 0.29) is 11.7 Å². The second-order valence-electron chi connectivity index (χ2n) is 4.74. The molecule has 1 saturated heterocycles. The second kappa shape index (κ2) is 5.81. The molecule has 1 aliphatic rings. The van der Waals surface area contributed by atoms with Gasteiger partial charge < -0.3 is 15.8 Å². The molecule has 1 aliphatic heterocycles. The minimum Gasteiger partial charge on any atom is -0.409 e. The first kappa shape index (κ1) is 12.8. The summed E-state index contributed by atoms with van der Waals surface area (Å²) < 4.78 is 1.75. The van der Waals surface area contributed by atoms with Gasteiger partial charge in [0.2, 0.25) is 11.7 Å². The summed E-state index contributed by atoms with van der Waals surface area (Å²) >= 11 is 0. The molecule has 18 heavy (non-hydrogen) atoms. The lowest BCUT2D eigenvalue weighted by Gasteiger charge is -2.32. The molecule has 2 rings (SSSR count). The molecular formula is C11H20N6O.